The molecule has 1 fully saturated rings. The van der Waals surface area contributed by atoms with E-state index in [4.69, 9.17) is 0 Å². The van der Waals surface area contributed by atoms with E-state index in [1.165, 1.54) is 45.4 Å². The van der Waals surface area contributed by atoms with Crippen LogP contribution in [-0.2, 0) is 0 Å². The fourth-order valence-electron chi connectivity index (χ4n) is 2.44. The molecule has 0 bridgehead atoms. The summed E-state index contributed by atoms with van der Waals surface area (Å²) >= 11 is 0. The van der Waals surface area contributed by atoms with Crippen LogP contribution in [0.4, 0.5) is 0 Å². The van der Waals surface area contributed by atoms with E-state index in [1.807, 2.05) is 0 Å². The summed E-state index contributed by atoms with van der Waals surface area (Å²) in [5, 5.41) is 0. The Bertz CT molecular complexity index is 162. The number of hydrogen-bond donors (Lipinski definition) is 0. The van der Waals surface area contributed by atoms with Crippen molar-refractivity contribution in [3.63, 3.8) is 0 Å². The van der Waals surface area contributed by atoms with Crippen LogP contribution in [0, 0.1) is 0 Å². The number of likely N-dealkylation sites (N-methyl/N-ethyl adjacent to an activating group) is 1. The molecule has 1 saturated heterocycles. The van der Waals surface area contributed by atoms with Crippen molar-refractivity contribution in [3.8, 4) is 0 Å². The van der Waals surface area contributed by atoms with Crippen molar-refractivity contribution in [2.75, 3.05) is 33.2 Å². The highest BCUT2D eigenvalue weighted by Crippen LogP contribution is 2.25. The lowest BCUT2D eigenvalue weighted by Gasteiger charge is -2.45. The second-order valence-electron chi connectivity index (χ2n) is 4.89. The Morgan fingerprint density at radius 3 is 2.07 bits per heavy atom. The predicted octanol–water partition coefficient (Wildman–Crippen LogP) is 2.20. The molecule has 0 aliphatic carbocycles. The van der Waals surface area contributed by atoms with Gasteiger partial charge in [-0.2, -0.15) is 0 Å². The normalized spacial score (nSPS) is 24.9. The van der Waals surface area contributed by atoms with Crippen LogP contribution >= 0.6 is 0 Å². The van der Waals surface area contributed by atoms with Crippen LogP contribution in [0.25, 0.3) is 0 Å². The largest absolute Gasteiger partial charge is 0.304 e. The summed E-state index contributed by atoms with van der Waals surface area (Å²) in [6, 6.07) is 0. The van der Waals surface area contributed by atoms with E-state index < -0.39 is 0 Å². The summed E-state index contributed by atoms with van der Waals surface area (Å²) in [5.41, 5.74) is 0.454. The Balaban J connectivity index is 2.52. The first kappa shape index (κ1) is 12.0. The highest BCUT2D eigenvalue weighted by Gasteiger charge is 2.30. The van der Waals surface area contributed by atoms with Crippen molar-refractivity contribution in [1.29, 1.82) is 0 Å². The van der Waals surface area contributed by atoms with Crippen molar-refractivity contribution in [2.45, 2.75) is 45.6 Å². The van der Waals surface area contributed by atoms with Crippen LogP contribution in [0.1, 0.15) is 40.0 Å². The van der Waals surface area contributed by atoms with Crippen LogP contribution in [0.15, 0.2) is 0 Å². The zero-order valence-electron chi connectivity index (χ0n) is 10.3. The quantitative estimate of drug-likeness (QED) is 0.683. The van der Waals surface area contributed by atoms with E-state index in [2.05, 4.69) is 37.6 Å². The molecule has 84 valence electrons. The van der Waals surface area contributed by atoms with E-state index in [9.17, 15) is 0 Å². The average Bonchev–Trinajstić information content (AvgIpc) is 2.19. The van der Waals surface area contributed by atoms with Gasteiger partial charge in [-0.1, -0.05) is 20.3 Å². The molecular weight excluding hydrogens is 172 g/mol. The molecule has 1 unspecified atom stereocenters. The third-order valence-electron chi connectivity index (χ3n) is 3.82. The molecule has 0 aromatic rings. The molecule has 1 rings (SSSR count). The Morgan fingerprint density at radius 2 is 1.64 bits per heavy atom. The van der Waals surface area contributed by atoms with Gasteiger partial charge in [0.05, 0.1) is 0 Å². The minimum Gasteiger partial charge on any atom is -0.304 e. The molecule has 1 heterocycles. The second-order valence-corrected chi connectivity index (χ2v) is 4.89. The third kappa shape index (κ3) is 2.71. The van der Waals surface area contributed by atoms with E-state index in [0.717, 1.165) is 0 Å². The van der Waals surface area contributed by atoms with Gasteiger partial charge >= 0.3 is 0 Å². The lowest BCUT2D eigenvalue weighted by molar-refractivity contribution is 0.0418. The van der Waals surface area contributed by atoms with E-state index in [0.29, 0.717) is 5.54 Å². The smallest absolute Gasteiger partial charge is 0.0179 e. The molecule has 0 aromatic carbocycles. The van der Waals surface area contributed by atoms with Crippen LogP contribution in [0.2, 0.25) is 0 Å². The lowest BCUT2D eigenvalue weighted by Crippen LogP contribution is -2.54. The highest BCUT2D eigenvalue weighted by atomic mass is 15.3. The molecule has 0 amide bonds. The Labute approximate surface area is 89.3 Å². The maximum absolute atomic E-state index is 2.69. The summed E-state index contributed by atoms with van der Waals surface area (Å²) in [7, 11) is 2.22. The third-order valence-corrected chi connectivity index (χ3v) is 3.82. The fourth-order valence-corrected chi connectivity index (χ4v) is 2.44. The molecule has 2 nitrogen and oxygen atoms in total. The Kier molecular flexibility index (Phi) is 4.39. The fraction of sp³-hybridized carbons (Fsp3) is 1.00. The van der Waals surface area contributed by atoms with Crippen LogP contribution in [-0.4, -0.2) is 48.6 Å². The first-order valence-corrected chi connectivity index (χ1v) is 6.06. The van der Waals surface area contributed by atoms with Crippen molar-refractivity contribution in [1.82, 2.24) is 9.80 Å². The van der Waals surface area contributed by atoms with Crippen LogP contribution in [0.5, 0.6) is 0 Å². The average molecular weight is 198 g/mol. The minimum absolute atomic E-state index is 0.454. The summed E-state index contributed by atoms with van der Waals surface area (Å²) in [6.07, 6.45) is 3.93. The molecule has 14 heavy (non-hydrogen) atoms. The van der Waals surface area contributed by atoms with Gasteiger partial charge in [0, 0.05) is 31.7 Å². The summed E-state index contributed by atoms with van der Waals surface area (Å²) < 4.78 is 0. The van der Waals surface area contributed by atoms with Gasteiger partial charge in [0.25, 0.3) is 0 Å². The summed E-state index contributed by atoms with van der Waals surface area (Å²) in [5.74, 6) is 0. The van der Waals surface area contributed by atoms with E-state index in [-0.39, 0.29) is 0 Å². The number of nitrogens with zero attached hydrogens (tertiary/aromatic N) is 2. The molecule has 1 aliphatic heterocycles. The molecular formula is C12H26N2. The van der Waals surface area contributed by atoms with Crippen molar-refractivity contribution in [2.24, 2.45) is 0 Å². The van der Waals surface area contributed by atoms with Gasteiger partial charge in [-0.25, -0.2) is 0 Å². The lowest BCUT2D eigenvalue weighted by atomic mass is 9.90. The first-order chi connectivity index (χ1) is 6.62. The monoisotopic (exact) mass is 198 g/mol. The SMILES string of the molecule is CCCC(C)(CC)N1CCN(C)CC1. The number of hydrogen-bond acceptors (Lipinski definition) is 2. The van der Waals surface area contributed by atoms with Gasteiger partial charge in [-0.15, -0.1) is 0 Å². The van der Waals surface area contributed by atoms with Crippen molar-refractivity contribution >= 4 is 0 Å². The number of rotatable bonds is 4. The summed E-state index contributed by atoms with van der Waals surface area (Å²) in [6.45, 7) is 12.0. The Hall–Kier alpha value is -0.0800. The van der Waals surface area contributed by atoms with Crippen molar-refractivity contribution < 1.29 is 0 Å². The zero-order chi connectivity index (χ0) is 10.6. The van der Waals surface area contributed by atoms with Gasteiger partial charge in [-0.05, 0) is 26.8 Å². The van der Waals surface area contributed by atoms with E-state index in [1.54, 1.807) is 0 Å². The zero-order valence-corrected chi connectivity index (χ0v) is 10.3. The van der Waals surface area contributed by atoms with Gasteiger partial charge in [0.2, 0.25) is 0 Å². The van der Waals surface area contributed by atoms with Crippen molar-refractivity contribution in [3.05, 3.63) is 0 Å². The van der Waals surface area contributed by atoms with Gasteiger partial charge < -0.3 is 4.90 Å². The topological polar surface area (TPSA) is 6.48 Å². The second kappa shape index (κ2) is 5.13. The molecule has 0 saturated carbocycles. The van der Waals surface area contributed by atoms with E-state index >= 15 is 0 Å². The van der Waals surface area contributed by atoms with Gasteiger partial charge in [0.15, 0.2) is 0 Å². The first-order valence-electron chi connectivity index (χ1n) is 6.06. The molecule has 1 atom stereocenters. The molecule has 0 spiro atoms. The molecule has 1 aliphatic rings. The standard InChI is InChI=1S/C12H26N2/c1-5-7-12(3,6-2)14-10-8-13(4)9-11-14/h5-11H2,1-4H3. The highest BCUT2D eigenvalue weighted by molar-refractivity contribution is 4.87. The Morgan fingerprint density at radius 1 is 1.07 bits per heavy atom. The molecule has 0 aromatic heterocycles. The summed E-state index contributed by atoms with van der Waals surface area (Å²) in [4.78, 5) is 5.12. The molecule has 0 radical (unpaired) electrons. The maximum Gasteiger partial charge on any atom is 0.0179 e. The van der Waals surface area contributed by atoms with Crippen LogP contribution in [0.3, 0.4) is 0 Å². The molecule has 0 N–H and O–H groups in total. The van der Waals surface area contributed by atoms with Gasteiger partial charge in [0.1, 0.15) is 0 Å². The number of piperazine rings is 1. The predicted molar refractivity (Wildman–Crippen MR) is 62.7 cm³/mol. The molecule has 2 heteroatoms. The van der Waals surface area contributed by atoms with Crippen LogP contribution < -0.4 is 0 Å². The minimum atomic E-state index is 0.454. The van der Waals surface area contributed by atoms with Gasteiger partial charge in [-0.3, -0.25) is 4.90 Å². The maximum atomic E-state index is 2.69.